The summed E-state index contributed by atoms with van der Waals surface area (Å²) in [6.07, 6.45) is 0. The molecule has 0 unspecified atom stereocenters. The van der Waals surface area contributed by atoms with Gasteiger partial charge in [-0.15, -0.1) is 0 Å². The number of aromatic nitrogens is 1. The summed E-state index contributed by atoms with van der Waals surface area (Å²) in [5, 5.41) is 0. The van der Waals surface area contributed by atoms with E-state index in [4.69, 9.17) is 14.5 Å². The van der Waals surface area contributed by atoms with Crippen molar-refractivity contribution in [2.45, 2.75) is 0 Å². The van der Waals surface area contributed by atoms with Crippen LogP contribution in [0.5, 0.6) is 23.0 Å². The highest BCUT2D eigenvalue weighted by atomic mass is 27.2. The van der Waals surface area contributed by atoms with Gasteiger partial charge in [0.15, 0.2) is 0 Å². The zero-order chi connectivity index (χ0) is 31.3. The van der Waals surface area contributed by atoms with Crippen LogP contribution in [0.3, 0.4) is 0 Å². The summed E-state index contributed by atoms with van der Waals surface area (Å²) in [5.74, 6) is 4.62. The number of nitrogens with zero attached hydrogens (tertiary/aromatic N) is 3. The molecule has 4 aliphatic rings. The van der Waals surface area contributed by atoms with Crippen molar-refractivity contribution in [3.8, 4) is 23.0 Å². The van der Waals surface area contributed by atoms with Crippen LogP contribution in [-0.2, 0) is 0 Å². The van der Waals surface area contributed by atoms with Gasteiger partial charge in [0.2, 0.25) is 0 Å². The maximum Gasteiger partial charge on any atom is 0.435 e. The van der Waals surface area contributed by atoms with E-state index in [9.17, 15) is 0 Å². The van der Waals surface area contributed by atoms with Gasteiger partial charge in [-0.3, -0.25) is 9.88 Å². The number of fused-ring (bicyclic) bond motifs is 8. The normalized spacial score (nSPS) is 14.0. The number of hydrogen-bond acceptors (Lipinski definition) is 5. The van der Waals surface area contributed by atoms with E-state index < -0.39 is 28.3 Å². The van der Waals surface area contributed by atoms with Crippen molar-refractivity contribution in [2.24, 2.45) is 0 Å². The van der Waals surface area contributed by atoms with Crippen LogP contribution in [0.15, 0.2) is 152 Å². The van der Waals surface area contributed by atoms with Crippen LogP contribution < -0.4 is 46.0 Å². The minimum Gasteiger partial charge on any atom is -0.460 e. The highest BCUT2D eigenvalue weighted by Crippen LogP contribution is 2.44. The van der Waals surface area contributed by atoms with Gasteiger partial charge in [0, 0.05) is 33.0 Å². The first-order valence-electron chi connectivity index (χ1n) is 16.4. The fraction of sp³-hybridized carbons (Fsp3) is 0. The number of benzene rings is 6. The van der Waals surface area contributed by atoms with Gasteiger partial charge in [-0.05, 0) is 71.2 Å². The monoisotopic (exact) mass is 645 g/mol. The third-order valence-electron chi connectivity index (χ3n) is 10.2. The Labute approximate surface area is 286 Å². The van der Waals surface area contributed by atoms with Gasteiger partial charge in [0.25, 0.3) is 0 Å². The van der Waals surface area contributed by atoms with Gasteiger partial charge in [-0.2, -0.15) is 0 Å². The molecule has 5 nitrogen and oxygen atoms in total. The first-order valence-corrected chi connectivity index (χ1v) is 19.8. The summed E-state index contributed by atoms with van der Waals surface area (Å²) in [4.78, 5) is 10.6. The average molecular weight is 646 g/mol. The van der Waals surface area contributed by atoms with Gasteiger partial charge >= 0.3 is 28.3 Å². The van der Waals surface area contributed by atoms with Crippen molar-refractivity contribution < 1.29 is 9.47 Å². The van der Waals surface area contributed by atoms with E-state index in [0.717, 1.165) is 44.7 Å². The molecule has 7 heteroatoms. The van der Waals surface area contributed by atoms with Crippen molar-refractivity contribution in [2.75, 3.05) is 9.80 Å². The van der Waals surface area contributed by atoms with E-state index in [0.29, 0.717) is 0 Å². The molecular weight excluding hydrogens is 620 g/mol. The summed E-state index contributed by atoms with van der Waals surface area (Å²) in [7, 11) is 0. The SMILES string of the molecule is c1ccc(N2c3cccc[c]3[Al]3[c]4cc5[c](nc4N(c4ccccc4)c4cccc2[c]43)[Al]2[c]3ccccc3Oc3cccc([c]32)O5)cc1. The number of ether oxygens (including phenoxy) is 2. The molecule has 48 heavy (non-hydrogen) atoms. The first-order chi connectivity index (χ1) is 23.8. The largest absolute Gasteiger partial charge is 0.460 e. The van der Waals surface area contributed by atoms with Gasteiger partial charge in [0.1, 0.15) is 28.8 Å². The fourth-order valence-corrected chi connectivity index (χ4v) is 15.0. The lowest BCUT2D eigenvalue weighted by Gasteiger charge is -2.43. The molecule has 0 saturated carbocycles. The number of para-hydroxylation sites is 4. The van der Waals surface area contributed by atoms with E-state index in [2.05, 4.69) is 155 Å². The number of pyridine rings is 1. The van der Waals surface area contributed by atoms with Gasteiger partial charge in [-0.1, -0.05) is 103 Å². The van der Waals surface area contributed by atoms with E-state index in [1.54, 1.807) is 0 Å². The second kappa shape index (κ2) is 10.1. The number of hydrogen-bond donors (Lipinski definition) is 0. The Morgan fingerprint density at radius 1 is 0.417 bits per heavy atom. The first kappa shape index (κ1) is 26.8. The fourth-order valence-electron chi connectivity index (χ4n) is 8.25. The van der Waals surface area contributed by atoms with Crippen LogP contribution in [0, 0.1) is 0 Å². The van der Waals surface area contributed by atoms with Crippen molar-refractivity contribution in [3.05, 3.63) is 152 Å². The molecular formula is C41H25Al2N3O2. The maximum atomic E-state index is 6.84. The molecule has 0 aliphatic carbocycles. The molecule has 0 radical (unpaired) electrons. The van der Waals surface area contributed by atoms with Crippen molar-refractivity contribution in [1.29, 1.82) is 0 Å². The van der Waals surface area contributed by atoms with Crippen LogP contribution in [0.1, 0.15) is 0 Å². The average Bonchev–Trinajstić information content (AvgIpc) is 3.14. The second-order valence-corrected chi connectivity index (χ2v) is 18.0. The Morgan fingerprint density at radius 3 is 1.75 bits per heavy atom. The molecule has 0 bridgehead atoms. The molecule has 0 N–H and O–H groups in total. The molecule has 1 aromatic heterocycles. The summed E-state index contributed by atoms with van der Waals surface area (Å²) in [6.45, 7) is 0. The van der Waals surface area contributed by atoms with Crippen LogP contribution in [0.2, 0.25) is 0 Å². The van der Waals surface area contributed by atoms with Crippen LogP contribution >= 0.6 is 0 Å². The molecule has 0 spiro atoms. The van der Waals surface area contributed by atoms with Crippen molar-refractivity contribution in [1.82, 2.24) is 4.98 Å². The van der Waals surface area contributed by atoms with Crippen molar-refractivity contribution >= 4 is 89.2 Å². The molecule has 5 heterocycles. The van der Waals surface area contributed by atoms with E-state index in [-0.39, 0.29) is 0 Å². The quantitative estimate of drug-likeness (QED) is 0.219. The Kier molecular flexibility index (Phi) is 5.64. The second-order valence-electron chi connectivity index (χ2n) is 12.7. The summed E-state index contributed by atoms with van der Waals surface area (Å²) >= 11 is -4.07. The molecule has 0 saturated heterocycles. The molecule has 222 valence electrons. The predicted octanol–water partition coefficient (Wildman–Crippen LogP) is 5.89. The molecule has 0 amide bonds. The van der Waals surface area contributed by atoms with E-state index in [1.165, 1.54) is 39.2 Å². The van der Waals surface area contributed by atoms with Crippen LogP contribution in [0.25, 0.3) is 0 Å². The Balaban J connectivity index is 1.22. The molecule has 0 atom stereocenters. The van der Waals surface area contributed by atoms with Crippen LogP contribution in [0.4, 0.5) is 34.3 Å². The summed E-state index contributed by atoms with van der Waals surface area (Å²) in [5.41, 5.74) is 5.94. The molecule has 6 aromatic carbocycles. The van der Waals surface area contributed by atoms with E-state index >= 15 is 0 Å². The minimum absolute atomic E-state index is 0.885. The lowest BCUT2D eigenvalue weighted by atomic mass is 10.1. The zero-order valence-electron chi connectivity index (χ0n) is 25.7. The maximum absolute atomic E-state index is 6.84. The number of rotatable bonds is 2. The Bertz CT molecular complexity index is 2450. The molecule has 0 fully saturated rings. The lowest BCUT2D eigenvalue weighted by molar-refractivity contribution is 0.463. The third-order valence-corrected chi connectivity index (χ3v) is 16.7. The standard InChI is InChI=1S/C41H25N3O2.2Al/c1-5-15-32(16-6-1)43(33-17-7-2-8-18-33)35-21-13-22-36(29-35)44(34-19-9-3-10-20-34)41-28-27-40(31-42-41)46-39-26-14-25-38(30-39)45-37-23-11-4-12-24-37;;/h1-17,19-23,25-27H;;. The van der Waals surface area contributed by atoms with Gasteiger partial charge in [0.05, 0.1) is 0 Å². The highest BCUT2D eigenvalue weighted by Gasteiger charge is 2.49. The smallest absolute Gasteiger partial charge is 0.435 e. The predicted molar refractivity (Wildman–Crippen MR) is 196 cm³/mol. The zero-order valence-corrected chi connectivity index (χ0v) is 28.1. The Hall–Kier alpha value is -5.27. The topological polar surface area (TPSA) is 37.8 Å². The highest BCUT2D eigenvalue weighted by molar-refractivity contribution is 7.01. The van der Waals surface area contributed by atoms with Gasteiger partial charge < -0.3 is 14.4 Å². The molecule has 11 rings (SSSR count). The molecule has 4 aliphatic heterocycles. The van der Waals surface area contributed by atoms with Crippen molar-refractivity contribution in [3.63, 3.8) is 0 Å². The number of anilines is 6. The summed E-state index contributed by atoms with van der Waals surface area (Å²) < 4.78 is 20.9. The Morgan fingerprint density at radius 2 is 0.979 bits per heavy atom. The molecule has 7 aromatic rings. The van der Waals surface area contributed by atoms with E-state index in [1.807, 2.05) is 6.07 Å². The minimum atomic E-state index is -2.04. The summed E-state index contributed by atoms with van der Waals surface area (Å²) in [6, 6.07) is 54.3. The van der Waals surface area contributed by atoms with Crippen LogP contribution in [-0.4, -0.2) is 33.3 Å². The van der Waals surface area contributed by atoms with Gasteiger partial charge in [-0.25, -0.2) is 0 Å². The third kappa shape index (κ3) is 3.65. The lowest BCUT2D eigenvalue weighted by Crippen LogP contribution is -2.63.